The monoisotopic (exact) mass is 210 g/mol. The quantitative estimate of drug-likeness (QED) is 0.772. The predicted octanol–water partition coefficient (Wildman–Crippen LogP) is 1.44. The number of furan rings is 1. The minimum absolute atomic E-state index is 0.155. The number of primary amides is 1. The lowest BCUT2D eigenvalue weighted by atomic mass is 9.92. The van der Waals surface area contributed by atoms with Gasteiger partial charge in [-0.05, 0) is 26.8 Å². The second kappa shape index (κ2) is 4.49. The Balaban J connectivity index is 2.47. The van der Waals surface area contributed by atoms with Gasteiger partial charge in [0.2, 0.25) is 5.91 Å². The van der Waals surface area contributed by atoms with Crippen LogP contribution in [0.15, 0.2) is 23.0 Å². The molecule has 0 aliphatic carbocycles. The van der Waals surface area contributed by atoms with Crippen molar-refractivity contribution in [1.82, 2.24) is 5.32 Å². The first-order valence-electron chi connectivity index (χ1n) is 4.99. The molecule has 1 aromatic heterocycles. The molecule has 0 bridgehead atoms. The fourth-order valence-electron chi connectivity index (χ4n) is 1.13. The van der Waals surface area contributed by atoms with E-state index >= 15 is 0 Å². The Kier molecular flexibility index (Phi) is 3.52. The summed E-state index contributed by atoms with van der Waals surface area (Å²) in [5.41, 5.74) is 5.81. The highest BCUT2D eigenvalue weighted by Crippen LogP contribution is 2.17. The highest BCUT2D eigenvalue weighted by Gasteiger charge is 2.25. The van der Waals surface area contributed by atoms with E-state index in [1.54, 1.807) is 12.5 Å². The van der Waals surface area contributed by atoms with Gasteiger partial charge in [0.15, 0.2) is 0 Å². The molecule has 0 spiro atoms. The van der Waals surface area contributed by atoms with Crippen molar-refractivity contribution in [1.29, 1.82) is 0 Å². The third-order valence-corrected chi connectivity index (χ3v) is 2.56. The van der Waals surface area contributed by atoms with E-state index in [2.05, 4.69) is 5.32 Å². The SMILES string of the molecule is CC(NCC(C)(C)C(N)=O)c1ccoc1. The minimum Gasteiger partial charge on any atom is -0.472 e. The van der Waals surface area contributed by atoms with Crippen LogP contribution < -0.4 is 11.1 Å². The van der Waals surface area contributed by atoms with Crippen molar-refractivity contribution in [3.8, 4) is 0 Å². The molecule has 1 atom stereocenters. The zero-order chi connectivity index (χ0) is 11.5. The van der Waals surface area contributed by atoms with Crippen molar-refractivity contribution in [3.05, 3.63) is 24.2 Å². The molecule has 1 unspecified atom stereocenters. The molecule has 4 nitrogen and oxygen atoms in total. The number of nitrogens with one attached hydrogen (secondary N) is 1. The number of hydrogen-bond acceptors (Lipinski definition) is 3. The van der Waals surface area contributed by atoms with Gasteiger partial charge in [0.1, 0.15) is 0 Å². The Morgan fingerprint density at radius 3 is 2.80 bits per heavy atom. The zero-order valence-electron chi connectivity index (χ0n) is 9.41. The summed E-state index contributed by atoms with van der Waals surface area (Å²) in [7, 11) is 0. The van der Waals surface area contributed by atoms with E-state index in [4.69, 9.17) is 10.2 Å². The molecule has 1 rings (SSSR count). The summed E-state index contributed by atoms with van der Waals surface area (Å²) in [6.45, 7) is 6.21. The maximum absolute atomic E-state index is 11.1. The molecule has 1 amide bonds. The van der Waals surface area contributed by atoms with E-state index < -0.39 is 5.41 Å². The van der Waals surface area contributed by atoms with Gasteiger partial charge < -0.3 is 15.5 Å². The maximum atomic E-state index is 11.1. The average molecular weight is 210 g/mol. The van der Waals surface area contributed by atoms with Gasteiger partial charge in [-0.3, -0.25) is 4.79 Å². The van der Waals surface area contributed by atoms with Gasteiger partial charge in [0, 0.05) is 18.2 Å². The molecule has 3 N–H and O–H groups in total. The van der Waals surface area contributed by atoms with Crippen molar-refractivity contribution in [2.24, 2.45) is 11.1 Å². The summed E-state index contributed by atoms with van der Waals surface area (Å²) >= 11 is 0. The van der Waals surface area contributed by atoms with E-state index in [1.165, 1.54) is 0 Å². The summed E-state index contributed by atoms with van der Waals surface area (Å²) < 4.78 is 4.98. The average Bonchev–Trinajstić information content (AvgIpc) is 2.66. The Bertz CT molecular complexity index is 317. The first-order chi connectivity index (χ1) is 6.93. The number of carbonyl (C=O) groups excluding carboxylic acids is 1. The van der Waals surface area contributed by atoms with Gasteiger partial charge in [-0.2, -0.15) is 0 Å². The van der Waals surface area contributed by atoms with E-state index in [9.17, 15) is 4.79 Å². The Hall–Kier alpha value is -1.29. The van der Waals surface area contributed by atoms with Gasteiger partial charge in [-0.1, -0.05) is 0 Å². The third-order valence-electron chi connectivity index (χ3n) is 2.56. The van der Waals surface area contributed by atoms with Crippen molar-refractivity contribution in [3.63, 3.8) is 0 Å². The molecule has 1 heterocycles. The molecule has 84 valence electrons. The van der Waals surface area contributed by atoms with Gasteiger partial charge in [-0.25, -0.2) is 0 Å². The minimum atomic E-state index is -0.530. The van der Waals surface area contributed by atoms with Crippen LogP contribution in [-0.2, 0) is 4.79 Å². The van der Waals surface area contributed by atoms with Crippen LogP contribution in [-0.4, -0.2) is 12.5 Å². The second-order valence-electron chi connectivity index (χ2n) is 4.41. The van der Waals surface area contributed by atoms with Gasteiger partial charge >= 0.3 is 0 Å². The van der Waals surface area contributed by atoms with Crippen LogP contribution in [0.25, 0.3) is 0 Å². The highest BCUT2D eigenvalue weighted by atomic mass is 16.3. The number of nitrogens with two attached hydrogens (primary N) is 1. The Morgan fingerprint density at radius 2 is 2.33 bits per heavy atom. The van der Waals surface area contributed by atoms with Crippen molar-refractivity contribution in [2.45, 2.75) is 26.8 Å². The summed E-state index contributed by atoms with van der Waals surface area (Å²) in [6.07, 6.45) is 3.32. The van der Waals surface area contributed by atoms with Crippen LogP contribution in [0.5, 0.6) is 0 Å². The summed E-state index contributed by atoms with van der Waals surface area (Å²) in [6, 6.07) is 2.05. The molecule has 0 saturated carbocycles. The molecule has 0 aliphatic rings. The number of amides is 1. The lowest BCUT2D eigenvalue weighted by Gasteiger charge is -2.23. The molecule has 0 aromatic carbocycles. The number of hydrogen-bond donors (Lipinski definition) is 2. The number of rotatable bonds is 5. The van der Waals surface area contributed by atoms with E-state index in [-0.39, 0.29) is 11.9 Å². The zero-order valence-corrected chi connectivity index (χ0v) is 9.41. The smallest absolute Gasteiger partial charge is 0.224 e. The topological polar surface area (TPSA) is 68.3 Å². The molecule has 15 heavy (non-hydrogen) atoms. The van der Waals surface area contributed by atoms with Crippen molar-refractivity contribution >= 4 is 5.91 Å². The van der Waals surface area contributed by atoms with Crippen LogP contribution in [0.3, 0.4) is 0 Å². The number of carbonyl (C=O) groups is 1. The van der Waals surface area contributed by atoms with Crippen LogP contribution in [0, 0.1) is 5.41 Å². The molecule has 0 fully saturated rings. The van der Waals surface area contributed by atoms with Crippen molar-refractivity contribution in [2.75, 3.05) is 6.54 Å². The summed E-state index contributed by atoms with van der Waals surface area (Å²) in [5.74, 6) is -0.297. The van der Waals surface area contributed by atoms with E-state index in [0.717, 1.165) is 5.56 Å². The normalized spacial score (nSPS) is 13.8. The van der Waals surface area contributed by atoms with E-state index in [1.807, 2.05) is 26.8 Å². The highest BCUT2D eigenvalue weighted by molar-refractivity contribution is 5.80. The van der Waals surface area contributed by atoms with Crippen LogP contribution >= 0.6 is 0 Å². The van der Waals surface area contributed by atoms with Crippen LogP contribution in [0.4, 0.5) is 0 Å². The lowest BCUT2D eigenvalue weighted by molar-refractivity contribution is -0.125. The van der Waals surface area contributed by atoms with Crippen LogP contribution in [0.2, 0.25) is 0 Å². The first kappa shape index (κ1) is 11.8. The third kappa shape index (κ3) is 3.09. The molecule has 0 saturated heterocycles. The fraction of sp³-hybridized carbons (Fsp3) is 0.545. The van der Waals surface area contributed by atoms with Gasteiger partial charge in [0.05, 0.1) is 17.9 Å². The molecular formula is C11H18N2O2. The van der Waals surface area contributed by atoms with Crippen molar-refractivity contribution < 1.29 is 9.21 Å². The molecule has 1 aromatic rings. The molecule has 0 radical (unpaired) electrons. The predicted molar refractivity (Wildman–Crippen MR) is 58.1 cm³/mol. The molecular weight excluding hydrogens is 192 g/mol. The first-order valence-corrected chi connectivity index (χ1v) is 4.99. The standard InChI is InChI=1S/C11H18N2O2/c1-8(9-4-5-15-6-9)13-7-11(2,3)10(12)14/h4-6,8,13H,7H2,1-3H3,(H2,12,14). The summed E-state index contributed by atoms with van der Waals surface area (Å²) in [5, 5.41) is 3.25. The Morgan fingerprint density at radius 1 is 1.67 bits per heavy atom. The van der Waals surface area contributed by atoms with Crippen LogP contribution in [0.1, 0.15) is 32.4 Å². The fourth-order valence-corrected chi connectivity index (χ4v) is 1.13. The Labute approximate surface area is 89.8 Å². The second-order valence-corrected chi connectivity index (χ2v) is 4.41. The summed E-state index contributed by atoms with van der Waals surface area (Å²) in [4.78, 5) is 11.1. The van der Waals surface area contributed by atoms with Gasteiger partial charge in [-0.15, -0.1) is 0 Å². The van der Waals surface area contributed by atoms with Gasteiger partial charge in [0.25, 0.3) is 0 Å². The molecule has 4 heteroatoms. The lowest BCUT2D eigenvalue weighted by Crippen LogP contribution is -2.41. The van der Waals surface area contributed by atoms with E-state index in [0.29, 0.717) is 6.54 Å². The molecule has 0 aliphatic heterocycles. The largest absolute Gasteiger partial charge is 0.472 e. The maximum Gasteiger partial charge on any atom is 0.224 e.